The molecule has 67 heavy (non-hydrogen) atoms. The van der Waals surface area contributed by atoms with E-state index in [1.54, 1.807) is 0 Å². The molecular weight excluding hydrogens is 811 g/mol. The standard InChI is InChI=1S/C65H41NO/c1-2-16-42(17-3-1)44-20-14-21-45(38-44)43-32-35-49(36-33-43)66(60-30-13-9-22-50(60)48-34-37-62-54(40-48)55-39-46-18-4-5-19-47(46)41-63(55)67-62)61-31-15-29-59-64(61)53-25-8-12-28-58(53)65(59)56-26-10-6-23-51(56)52-24-7-11-27-57(52)65/h1-41H. The smallest absolute Gasteiger partial charge is 0.136 e. The minimum absolute atomic E-state index is 0.467. The number of rotatable bonds is 6. The van der Waals surface area contributed by atoms with Gasteiger partial charge in [-0.1, -0.05) is 194 Å². The highest BCUT2D eigenvalue weighted by atomic mass is 16.3. The van der Waals surface area contributed by atoms with E-state index in [4.69, 9.17) is 4.42 Å². The number of para-hydroxylation sites is 1. The summed E-state index contributed by atoms with van der Waals surface area (Å²) in [7, 11) is 0. The van der Waals surface area contributed by atoms with Crippen LogP contribution in [0.25, 0.3) is 88.3 Å². The Morgan fingerprint density at radius 2 is 0.806 bits per heavy atom. The van der Waals surface area contributed by atoms with Gasteiger partial charge in [-0.25, -0.2) is 0 Å². The Kier molecular flexibility index (Phi) is 8.23. The molecule has 0 unspecified atom stereocenters. The molecule has 1 spiro atoms. The first kappa shape index (κ1) is 37.6. The van der Waals surface area contributed by atoms with Crippen molar-refractivity contribution in [1.29, 1.82) is 0 Å². The highest BCUT2D eigenvalue weighted by Gasteiger charge is 2.52. The second kappa shape index (κ2) is 14.7. The van der Waals surface area contributed by atoms with Crippen LogP contribution in [0, 0.1) is 0 Å². The van der Waals surface area contributed by atoms with Gasteiger partial charge in [-0.2, -0.15) is 0 Å². The Balaban J connectivity index is 0.998. The van der Waals surface area contributed by atoms with Gasteiger partial charge in [-0.05, 0) is 132 Å². The molecule has 1 heterocycles. The molecule has 0 N–H and O–H groups in total. The van der Waals surface area contributed by atoms with E-state index in [2.05, 4.69) is 254 Å². The van der Waals surface area contributed by atoms with Crippen molar-refractivity contribution in [3.05, 3.63) is 271 Å². The molecule has 2 aliphatic rings. The van der Waals surface area contributed by atoms with Crippen molar-refractivity contribution in [2.45, 2.75) is 5.41 Å². The maximum Gasteiger partial charge on any atom is 0.136 e. The molecule has 0 atom stereocenters. The minimum atomic E-state index is -0.467. The summed E-state index contributed by atoms with van der Waals surface area (Å²) in [4.78, 5) is 2.51. The van der Waals surface area contributed by atoms with Crippen LogP contribution in [-0.2, 0) is 5.41 Å². The fraction of sp³-hybridized carbons (Fsp3) is 0.0154. The molecule has 11 aromatic carbocycles. The van der Waals surface area contributed by atoms with Gasteiger partial charge in [0.25, 0.3) is 0 Å². The van der Waals surface area contributed by atoms with E-state index in [9.17, 15) is 0 Å². The molecule has 312 valence electrons. The van der Waals surface area contributed by atoms with Crippen LogP contribution in [0.1, 0.15) is 22.3 Å². The van der Waals surface area contributed by atoms with Crippen LogP contribution in [0.15, 0.2) is 253 Å². The summed E-state index contributed by atoms with van der Waals surface area (Å²) in [6.07, 6.45) is 0. The van der Waals surface area contributed by atoms with Gasteiger partial charge in [0.1, 0.15) is 11.2 Å². The largest absolute Gasteiger partial charge is 0.456 e. The van der Waals surface area contributed by atoms with E-state index >= 15 is 0 Å². The number of furan rings is 1. The molecule has 0 amide bonds. The van der Waals surface area contributed by atoms with Gasteiger partial charge in [0.05, 0.1) is 16.8 Å². The summed E-state index contributed by atoms with van der Waals surface area (Å²) < 4.78 is 6.52. The zero-order valence-corrected chi connectivity index (χ0v) is 36.5. The number of hydrogen-bond donors (Lipinski definition) is 0. The number of benzene rings is 11. The monoisotopic (exact) mass is 851 g/mol. The van der Waals surface area contributed by atoms with E-state index in [0.29, 0.717) is 0 Å². The Morgan fingerprint density at radius 1 is 0.299 bits per heavy atom. The molecule has 2 nitrogen and oxygen atoms in total. The van der Waals surface area contributed by atoms with Crippen LogP contribution in [-0.4, -0.2) is 0 Å². The highest BCUT2D eigenvalue weighted by molar-refractivity contribution is 6.11. The SMILES string of the molecule is c1ccc(-c2cccc(-c3ccc(N(c4ccccc4-c4ccc5oc6cc7ccccc7cc6c5c4)c4cccc5c4-c4ccccc4C54c5ccccc5-c5ccccc54)cc3)c2)cc1. The van der Waals surface area contributed by atoms with E-state index < -0.39 is 5.41 Å². The first-order valence-electron chi connectivity index (χ1n) is 23.2. The molecule has 0 saturated carbocycles. The summed E-state index contributed by atoms with van der Waals surface area (Å²) in [5, 5.41) is 4.61. The molecule has 2 heteroatoms. The fourth-order valence-electron chi connectivity index (χ4n) is 11.6. The molecule has 0 aliphatic heterocycles. The molecule has 1 aromatic heterocycles. The van der Waals surface area contributed by atoms with Gasteiger partial charge >= 0.3 is 0 Å². The Bertz CT molecular complexity index is 3890. The van der Waals surface area contributed by atoms with Crippen LogP contribution < -0.4 is 4.90 Å². The van der Waals surface area contributed by atoms with Crippen LogP contribution >= 0.6 is 0 Å². The van der Waals surface area contributed by atoms with E-state index in [-0.39, 0.29) is 0 Å². The number of nitrogens with zero attached hydrogens (tertiary/aromatic N) is 1. The minimum Gasteiger partial charge on any atom is -0.456 e. The third-order valence-electron chi connectivity index (χ3n) is 14.5. The summed E-state index contributed by atoms with van der Waals surface area (Å²) in [6.45, 7) is 0. The van der Waals surface area contributed by atoms with Crippen molar-refractivity contribution >= 4 is 49.8 Å². The Hall–Kier alpha value is -8.72. The summed E-state index contributed by atoms with van der Waals surface area (Å²) in [5.41, 5.74) is 22.1. The van der Waals surface area contributed by atoms with Crippen LogP contribution in [0.2, 0.25) is 0 Å². The number of hydrogen-bond acceptors (Lipinski definition) is 2. The number of anilines is 3. The Labute approximate surface area is 389 Å². The molecule has 0 fully saturated rings. The summed E-state index contributed by atoms with van der Waals surface area (Å²) >= 11 is 0. The van der Waals surface area contributed by atoms with Gasteiger partial charge in [-0.15, -0.1) is 0 Å². The second-order valence-corrected chi connectivity index (χ2v) is 17.9. The Morgan fingerprint density at radius 3 is 1.54 bits per heavy atom. The van der Waals surface area contributed by atoms with Gasteiger partial charge in [0, 0.05) is 27.6 Å². The summed E-state index contributed by atoms with van der Waals surface area (Å²) in [5.74, 6) is 0. The van der Waals surface area contributed by atoms with Gasteiger partial charge in [0.15, 0.2) is 0 Å². The van der Waals surface area contributed by atoms with E-state index in [0.717, 1.165) is 50.1 Å². The molecule has 0 bridgehead atoms. The molecule has 2 aliphatic carbocycles. The van der Waals surface area contributed by atoms with E-state index in [1.165, 1.54) is 77.5 Å². The quantitative estimate of drug-likeness (QED) is 0.166. The van der Waals surface area contributed by atoms with Crippen molar-refractivity contribution in [2.24, 2.45) is 0 Å². The van der Waals surface area contributed by atoms with Crippen LogP contribution in [0.5, 0.6) is 0 Å². The van der Waals surface area contributed by atoms with Crippen molar-refractivity contribution < 1.29 is 4.42 Å². The molecular formula is C65H41NO. The first-order chi connectivity index (χ1) is 33.2. The number of fused-ring (bicyclic) bond motifs is 14. The molecule has 12 aromatic rings. The average Bonchev–Trinajstić information content (AvgIpc) is 4.02. The zero-order chi connectivity index (χ0) is 44.1. The van der Waals surface area contributed by atoms with Crippen molar-refractivity contribution in [3.63, 3.8) is 0 Å². The first-order valence-corrected chi connectivity index (χ1v) is 23.2. The molecule has 0 radical (unpaired) electrons. The van der Waals surface area contributed by atoms with E-state index in [1.807, 2.05) is 0 Å². The lowest BCUT2D eigenvalue weighted by Crippen LogP contribution is -2.26. The van der Waals surface area contributed by atoms with Crippen molar-refractivity contribution in [2.75, 3.05) is 4.90 Å². The van der Waals surface area contributed by atoms with Crippen LogP contribution in [0.4, 0.5) is 17.1 Å². The molecule has 0 saturated heterocycles. The van der Waals surface area contributed by atoms with Gasteiger partial charge in [0.2, 0.25) is 0 Å². The van der Waals surface area contributed by atoms with Crippen LogP contribution in [0.3, 0.4) is 0 Å². The molecule has 14 rings (SSSR count). The lowest BCUT2D eigenvalue weighted by atomic mass is 9.70. The van der Waals surface area contributed by atoms with Crippen molar-refractivity contribution in [3.8, 4) is 55.6 Å². The van der Waals surface area contributed by atoms with Gasteiger partial charge in [-0.3, -0.25) is 0 Å². The second-order valence-electron chi connectivity index (χ2n) is 17.9. The topological polar surface area (TPSA) is 16.4 Å². The third kappa shape index (κ3) is 5.57. The third-order valence-corrected chi connectivity index (χ3v) is 14.5. The normalized spacial score (nSPS) is 12.9. The van der Waals surface area contributed by atoms with Crippen molar-refractivity contribution in [1.82, 2.24) is 0 Å². The average molecular weight is 852 g/mol. The predicted octanol–water partition coefficient (Wildman–Crippen LogP) is 17.6. The maximum absolute atomic E-state index is 6.52. The lowest BCUT2D eigenvalue weighted by Gasteiger charge is -2.32. The zero-order valence-electron chi connectivity index (χ0n) is 36.5. The van der Waals surface area contributed by atoms with Gasteiger partial charge < -0.3 is 9.32 Å². The highest BCUT2D eigenvalue weighted by Crippen LogP contribution is 2.65. The lowest BCUT2D eigenvalue weighted by molar-refractivity contribution is 0.669. The predicted molar refractivity (Wildman–Crippen MR) is 279 cm³/mol. The fourth-order valence-corrected chi connectivity index (χ4v) is 11.6. The summed E-state index contributed by atoms with van der Waals surface area (Å²) in [6, 6.07) is 91.4. The maximum atomic E-state index is 6.52.